The Hall–Kier alpha value is -2.09. The first kappa shape index (κ1) is 19.7. The molecule has 0 aromatic heterocycles. The van der Waals surface area contributed by atoms with E-state index < -0.39 is 26.9 Å². The standard InChI is InChI=1S/C18H17Cl2N3O3S/c1-12-7-9-14(10-8-12)27(25,26)22-18(24)23-16(17(19)20)11-15(21-23)13-5-3-2-4-6-13/h2-10,16-17H,11H2,1H3,(H,22,24). The molecule has 0 fully saturated rings. The molecule has 142 valence electrons. The number of carbonyl (C=O) groups excluding carboxylic acids is 1. The fraction of sp³-hybridized carbons (Fsp3) is 0.222. The van der Waals surface area contributed by atoms with E-state index >= 15 is 0 Å². The molecule has 0 saturated heterocycles. The van der Waals surface area contributed by atoms with Gasteiger partial charge in [-0.05, 0) is 24.6 Å². The molecular formula is C18H17Cl2N3O3S. The van der Waals surface area contributed by atoms with Crippen molar-refractivity contribution in [2.75, 3.05) is 0 Å². The molecule has 6 nitrogen and oxygen atoms in total. The molecule has 1 atom stereocenters. The monoisotopic (exact) mass is 425 g/mol. The number of benzene rings is 2. The van der Waals surface area contributed by atoms with E-state index in [1.165, 1.54) is 12.1 Å². The number of alkyl halides is 2. The normalized spacial score (nSPS) is 17.1. The lowest BCUT2D eigenvalue weighted by Gasteiger charge is -2.22. The zero-order chi connectivity index (χ0) is 19.6. The molecule has 2 aromatic rings. The largest absolute Gasteiger partial charge is 0.352 e. The number of rotatable bonds is 4. The van der Waals surface area contributed by atoms with E-state index in [-0.39, 0.29) is 4.90 Å². The molecule has 1 N–H and O–H groups in total. The van der Waals surface area contributed by atoms with Crippen molar-refractivity contribution < 1.29 is 13.2 Å². The topological polar surface area (TPSA) is 78.8 Å². The summed E-state index contributed by atoms with van der Waals surface area (Å²) in [5.41, 5.74) is 2.33. The maximum absolute atomic E-state index is 12.6. The SMILES string of the molecule is Cc1ccc(S(=O)(=O)NC(=O)N2N=C(c3ccccc3)CC2C(Cl)Cl)cc1. The minimum absolute atomic E-state index is 0.0160. The number of nitrogens with one attached hydrogen (secondary N) is 1. The number of carbonyl (C=O) groups is 1. The predicted octanol–water partition coefficient (Wildman–Crippen LogP) is 3.68. The molecule has 27 heavy (non-hydrogen) atoms. The molecular weight excluding hydrogens is 409 g/mol. The lowest BCUT2D eigenvalue weighted by molar-refractivity contribution is 0.194. The number of hydrogen-bond donors (Lipinski definition) is 1. The minimum atomic E-state index is -4.04. The van der Waals surface area contributed by atoms with E-state index in [0.29, 0.717) is 12.1 Å². The van der Waals surface area contributed by atoms with Gasteiger partial charge >= 0.3 is 6.03 Å². The van der Waals surface area contributed by atoms with Gasteiger partial charge in [-0.15, -0.1) is 23.2 Å². The molecule has 1 aliphatic heterocycles. The van der Waals surface area contributed by atoms with Crippen LogP contribution in [-0.2, 0) is 10.0 Å². The quantitative estimate of drug-likeness (QED) is 0.758. The van der Waals surface area contributed by atoms with Gasteiger partial charge in [-0.1, -0.05) is 48.0 Å². The second kappa shape index (κ2) is 7.88. The van der Waals surface area contributed by atoms with Crippen molar-refractivity contribution in [2.45, 2.75) is 29.1 Å². The fourth-order valence-corrected chi connectivity index (χ4v) is 3.99. The zero-order valence-corrected chi connectivity index (χ0v) is 16.7. The number of urea groups is 1. The van der Waals surface area contributed by atoms with Crippen molar-refractivity contribution >= 4 is 45.0 Å². The van der Waals surface area contributed by atoms with Crippen LogP contribution in [0.3, 0.4) is 0 Å². The summed E-state index contributed by atoms with van der Waals surface area (Å²) in [7, 11) is -4.04. The summed E-state index contributed by atoms with van der Waals surface area (Å²) in [6, 6.07) is 13.8. The summed E-state index contributed by atoms with van der Waals surface area (Å²) in [6.45, 7) is 1.84. The van der Waals surface area contributed by atoms with Crippen LogP contribution in [0.25, 0.3) is 0 Å². The Kier molecular flexibility index (Phi) is 5.74. The Bertz CT molecular complexity index is 961. The highest BCUT2D eigenvalue weighted by Crippen LogP contribution is 2.27. The second-order valence-electron chi connectivity index (χ2n) is 6.09. The summed E-state index contributed by atoms with van der Waals surface area (Å²) in [5.74, 6) is 0. The van der Waals surface area contributed by atoms with Gasteiger partial charge in [-0.2, -0.15) is 5.10 Å². The van der Waals surface area contributed by atoms with Crippen LogP contribution in [0.4, 0.5) is 4.79 Å². The molecule has 0 aliphatic carbocycles. The van der Waals surface area contributed by atoms with Crippen molar-refractivity contribution in [3.8, 4) is 0 Å². The molecule has 9 heteroatoms. The van der Waals surface area contributed by atoms with Crippen LogP contribution in [0.15, 0.2) is 64.6 Å². The van der Waals surface area contributed by atoms with E-state index in [1.54, 1.807) is 12.1 Å². The first-order chi connectivity index (χ1) is 12.8. The number of halogens is 2. The molecule has 2 aromatic carbocycles. The summed E-state index contributed by atoms with van der Waals surface area (Å²) in [4.78, 5) is 11.7. The molecule has 0 radical (unpaired) electrons. The van der Waals surface area contributed by atoms with Gasteiger partial charge in [0.15, 0.2) is 0 Å². The van der Waals surface area contributed by atoms with Crippen LogP contribution >= 0.6 is 23.2 Å². The Balaban J connectivity index is 1.85. The van der Waals surface area contributed by atoms with Gasteiger partial charge in [0, 0.05) is 6.42 Å². The molecule has 0 spiro atoms. The fourth-order valence-electron chi connectivity index (χ4n) is 2.67. The first-order valence-electron chi connectivity index (χ1n) is 8.11. The molecule has 1 unspecified atom stereocenters. The van der Waals surface area contributed by atoms with E-state index in [0.717, 1.165) is 16.1 Å². The van der Waals surface area contributed by atoms with Crippen LogP contribution in [0.5, 0.6) is 0 Å². The second-order valence-corrected chi connectivity index (χ2v) is 8.93. The first-order valence-corrected chi connectivity index (χ1v) is 10.5. The van der Waals surface area contributed by atoms with Crippen LogP contribution in [0.1, 0.15) is 17.5 Å². The highest BCUT2D eigenvalue weighted by molar-refractivity contribution is 7.90. The third-order valence-electron chi connectivity index (χ3n) is 4.10. The van der Waals surface area contributed by atoms with Crippen molar-refractivity contribution in [2.24, 2.45) is 5.10 Å². The number of amides is 2. The summed E-state index contributed by atoms with van der Waals surface area (Å²) < 4.78 is 27.0. The van der Waals surface area contributed by atoms with E-state index in [4.69, 9.17) is 23.2 Å². The Morgan fingerprint density at radius 3 is 2.37 bits per heavy atom. The van der Waals surface area contributed by atoms with Crippen molar-refractivity contribution in [1.29, 1.82) is 0 Å². The van der Waals surface area contributed by atoms with Gasteiger partial charge in [-0.25, -0.2) is 22.9 Å². The van der Waals surface area contributed by atoms with Crippen LogP contribution in [0.2, 0.25) is 0 Å². The van der Waals surface area contributed by atoms with Gasteiger partial charge in [0.2, 0.25) is 0 Å². The Labute approximate surface area is 167 Å². The molecule has 1 heterocycles. The molecule has 3 rings (SSSR count). The molecule has 2 amide bonds. The van der Waals surface area contributed by atoms with Gasteiger partial charge in [0.05, 0.1) is 16.6 Å². The van der Waals surface area contributed by atoms with Crippen LogP contribution in [-0.4, -0.2) is 36.0 Å². The number of aryl methyl sites for hydroxylation is 1. The van der Waals surface area contributed by atoms with Gasteiger partial charge in [0.25, 0.3) is 10.0 Å². The average molecular weight is 426 g/mol. The van der Waals surface area contributed by atoms with Crippen molar-refractivity contribution in [1.82, 2.24) is 9.73 Å². The van der Waals surface area contributed by atoms with Crippen LogP contribution < -0.4 is 4.72 Å². The Morgan fingerprint density at radius 1 is 1.15 bits per heavy atom. The summed E-state index contributed by atoms with van der Waals surface area (Å²) in [6.07, 6.45) is 0.319. The maximum atomic E-state index is 12.6. The highest BCUT2D eigenvalue weighted by atomic mass is 35.5. The molecule has 1 aliphatic rings. The van der Waals surface area contributed by atoms with E-state index in [1.807, 2.05) is 42.0 Å². The zero-order valence-electron chi connectivity index (χ0n) is 14.3. The van der Waals surface area contributed by atoms with E-state index in [9.17, 15) is 13.2 Å². The smallest absolute Gasteiger partial charge is 0.246 e. The minimum Gasteiger partial charge on any atom is -0.246 e. The van der Waals surface area contributed by atoms with Gasteiger partial charge in [0.1, 0.15) is 4.84 Å². The molecule has 0 saturated carbocycles. The lowest BCUT2D eigenvalue weighted by atomic mass is 10.1. The number of sulfonamides is 1. The van der Waals surface area contributed by atoms with Gasteiger partial charge in [-0.3, -0.25) is 0 Å². The maximum Gasteiger partial charge on any atom is 0.352 e. The van der Waals surface area contributed by atoms with Crippen LogP contribution in [0, 0.1) is 6.92 Å². The number of hydrogen-bond acceptors (Lipinski definition) is 4. The van der Waals surface area contributed by atoms with Gasteiger partial charge < -0.3 is 0 Å². The third kappa shape index (κ3) is 4.43. The third-order valence-corrected chi connectivity index (χ3v) is 6.02. The Morgan fingerprint density at radius 2 is 1.78 bits per heavy atom. The highest BCUT2D eigenvalue weighted by Gasteiger charge is 2.37. The number of nitrogens with zero attached hydrogens (tertiary/aromatic N) is 2. The lowest BCUT2D eigenvalue weighted by Crippen LogP contribution is -2.45. The summed E-state index contributed by atoms with van der Waals surface area (Å²) in [5, 5.41) is 5.26. The molecule has 0 bridgehead atoms. The average Bonchev–Trinajstić information content (AvgIpc) is 3.08. The van der Waals surface area contributed by atoms with E-state index in [2.05, 4.69) is 5.10 Å². The summed E-state index contributed by atoms with van der Waals surface area (Å²) >= 11 is 12.0. The van der Waals surface area contributed by atoms with Crippen molar-refractivity contribution in [3.63, 3.8) is 0 Å². The predicted molar refractivity (Wildman–Crippen MR) is 106 cm³/mol. The number of hydrazone groups is 1. The van der Waals surface area contributed by atoms with Crippen molar-refractivity contribution in [3.05, 3.63) is 65.7 Å².